The van der Waals surface area contributed by atoms with Crippen molar-refractivity contribution in [3.8, 4) is 0 Å². The van der Waals surface area contributed by atoms with Crippen molar-refractivity contribution in [2.45, 2.75) is 51.0 Å². The lowest BCUT2D eigenvalue weighted by Gasteiger charge is -2.36. The fourth-order valence-electron chi connectivity index (χ4n) is 3.03. The molecule has 1 aliphatic carbocycles. The van der Waals surface area contributed by atoms with Crippen molar-refractivity contribution >= 4 is 22.7 Å². The quantitative estimate of drug-likeness (QED) is 0.859. The SMILES string of the molecule is Cc1cc(Cl)cc2nc(C3(C)CCCCC3N)oc12. The van der Waals surface area contributed by atoms with Crippen LogP contribution >= 0.6 is 11.6 Å². The molecule has 3 rings (SSSR count). The van der Waals surface area contributed by atoms with Crippen molar-refractivity contribution in [1.82, 2.24) is 4.98 Å². The fourth-order valence-corrected chi connectivity index (χ4v) is 3.29. The zero-order chi connectivity index (χ0) is 13.6. The van der Waals surface area contributed by atoms with Crippen LogP contribution in [0, 0.1) is 6.92 Å². The first kappa shape index (κ1) is 12.9. The highest BCUT2D eigenvalue weighted by molar-refractivity contribution is 6.31. The summed E-state index contributed by atoms with van der Waals surface area (Å²) in [5.41, 5.74) is 8.84. The van der Waals surface area contributed by atoms with E-state index in [1.165, 1.54) is 12.8 Å². The average molecular weight is 279 g/mol. The molecule has 2 unspecified atom stereocenters. The molecular weight excluding hydrogens is 260 g/mol. The Balaban J connectivity index is 2.12. The standard InChI is InChI=1S/C15H19ClN2O/c1-9-7-10(16)8-11-13(9)19-14(18-11)15(2)6-4-3-5-12(15)17/h7-8,12H,3-6,17H2,1-2H3. The molecule has 0 bridgehead atoms. The van der Waals surface area contributed by atoms with Crippen molar-refractivity contribution in [3.63, 3.8) is 0 Å². The maximum Gasteiger partial charge on any atom is 0.203 e. The molecular formula is C15H19ClN2O. The van der Waals surface area contributed by atoms with Gasteiger partial charge in [-0.15, -0.1) is 0 Å². The Morgan fingerprint density at radius 1 is 1.42 bits per heavy atom. The third kappa shape index (κ3) is 2.05. The summed E-state index contributed by atoms with van der Waals surface area (Å²) in [5.74, 6) is 0.764. The molecule has 0 radical (unpaired) electrons. The minimum Gasteiger partial charge on any atom is -0.440 e. The van der Waals surface area contributed by atoms with E-state index in [-0.39, 0.29) is 11.5 Å². The topological polar surface area (TPSA) is 52.0 Å². The van der Waals surface area contributed by atoms with Gasteiger partial charge in [0.25, 0.3) is 0 Å². The van der Waals surface area contributed by atoms with Gasteiger partial charge in [-0.05, 0) is 44.4 Å². The van der Waals surface area contributed by atoms with Crippen LogP contribution < -0.4 is 5.73 Å². The molecule has 1 fully saturated rings. The Morgan fingerprint density at radius 3 is 2.95 bits per heavy atom. The second kappa shape index (κ2) is 4.50. The summed E-state index contributed by atoms with van der Waals surface area (Å²) < 4.78 is 6.02. The zero-order valence-electron chi connectivity index (χ0n) is 11.4. The summed E-state index contributed by atoms with van der Waals surface area (Å²) in [5, 5.41) is 0.697. The predicted molar refractivity (Wildman–Crippen MR) is 77.6 cm³/mol. The maximum absolute atomic E-state index is 6.31. The van der Waals surface area contributed by atoms with Gasteiger partial charge >= 0.3 is 0 Å². The van der Waals surface area contributed by atoms with Crippen LogP contribution in [0.4, 0.5) is 0 Å². The van der Waals surface area contributed by atoms with Gasteiger partial charge in [-0.25, -0.2) is 4.98 Å². The summed E-state index contributed by atoms with van der Waals surface area (Å²) in [6, 6.07) is 3.88. The Kier molecular flexibility index (Phi) is 3.06. The van der Waals surface area contributed by atoms with Crippen molar-refractivity contribution in [3.05, 3.63) is 28.6 Å². The Labute approximate surface area is 118 Å². The third-order valence-corrected chi connectivity index (χ3v) is 4.63. The number of hydrogen-bond acceptors (Lipinski definition) is 3. The van der Waals surface area contributed by atoms with Crippen LogP contribution in [0.3, 0.4) is 0 Å². The van der Waals surface area contributed by atoms with Crippen molar-refractivity contribution < 1.29 is 4.42 Å². The van der Waals surface area contributed by atoms with Crippen LogP contribution in [-0.4, -0.2) is 11.0 Å². The molecule has 2 aromatic rings. The lowest BCUT2D eigenvalue weighted by atomic mass is 9.72. The Morgan fingerprint density at radius 2 is 2.21 bits per heavy atom. The first-order valence-corrected chi connectivity index (χ1v) is 7.21. The number of halogens is 1. The van der Waals surface area contributed by atoms with Gasteiger partial charge in [0.05, 0.1) is 5.41 Å². The summed E-state index contributed by atoms with van der Waals surface area (Å²) in [4.78, 5) is 4.65. The average Bonchev–Trinajstić information content (AvgIpc) is 2.77. The number of rotatable bonds is 1. The molecule has 0 aliphatic heterocycles. The van der Waals surface area contributed by atoms with Crippen molar-refractivity contribution in [2.75, 3.05) is 0 Å². The van der Waals surface area contributed by atoms with E-state index in [0.29, 0.717) is 5.02 Å². The number of nitrogens with zero attached hydrogens (tertiary/aromatic N) is 1. The first-order valence-electron chi connectivity index (χ1n) is 6.83. The minimum absolute atomic E-state index is 0.116. The molecule has 19 heavy (non-hydrogen) atoms. The number of aryl methyl sites for hydroxylation is 1. The second-order valence-electron chi connectivity index (χ2n) is 5.86. The van der Waals surface area contributed by atoms with Gasteiger partial charge in [0.1, 0.15) is 5.52 Å². The second-order valence-corrected chi connectivity index (χ2v) is 6.30. The molecule has 0 amide bonds. The van der Waals surface area contributed by atoms with Crippen molar-refractivity contribution in [2.24, 2.45) is 5.73 Å². The lowest BCUT2D eigenvalue weighted by molar-refractivity contribution is 0.225. The molecule has 2 atom stereocenters. The summed E-state index contributed by atoms with van der Waals surface area (Å²) in [6.07, 6.45) is 4.45. The van der Waals surface area contributed by atoms with Gasteiger partial charge in [0, 0.05) is 11.1 Å². The van der Waals surface area contributed by atoms with E-state index in [9.17, 15) is 0 Å². The van der Waals surface area contributed by atoms with E-state index in [1.54, 1.807) is 0 Å². The smallest absolute Gasteiger partial charge is 0.203 e. The molecule has 1 aromatic heterocycles. The third-order valence-electron chi connectivity index (χ3n) is 4.41. The molecule has 4 heteroatoms. The monoisotopic (exact) mass is 278 g/mol. The van der Waals surface area contributed by atoms with E-state index < -0.39 is 0 Å². The highest BCUT2D eigenvalue weighted by atomic mass is 35.5. The number of benzene rings is 1. The van der Waals surface area contributed by atoms with E-state index in [1.807, 2.05) is 19.1 Å². The van der Waals surface area contributed by atoms with Gasteiger partial charge in [-0.1, -0.05) is 24.4 Å². The van der Waals surface area contributed by atoms with Crippen molar-refractivity contribution in [1.29, 1.82) is 0 Å². The van der Waals surface area contributed by atoms with E-state index in [0.717, 1.165) is 35.4 Å². The minimum atomic E-state index is -0.157. The zero-order valence-corrected chi connectivity index (χ0v) is 12.1. The van der Waals surface area contributed by atoms with Crippen LogP contribution in [0.15, 0.2) is 16.5 Å². The molecule has 1 aliphatic rings. The van der Waals surface area contributed by atoms with Gasteiger partial charge in [-0.3, -0.25) is 0 Å². The van der Waals surface area contributed by atoms with Gasteiger partial charge < -0.3 is 10.2 Å². The van der Waals surface area contributed by atoms with Crippen LogP contribution in [-0.2, 0) is 5.41 Å². The molecule has 0 saturated heterocycles. The molecule has 102 valence electrons. The summed E-state index contributed by atoms with van der Waals surface area (Å²) in [7, 11) is 0. The molecule has 1 heterocycles. The summed E-state index contributed by atoms with van der Waals surface area (Å²) >= 11 is 6.08. The number of nitrogens with two attached hydrogens (primary N) is 1. The molecule has 1 saturated carbocycles. The lowest BCUT2D eigenvalue weighted by Crippen LogP contribution is -2.45. The predicted octanol–water partition coefficient (Wildman–Crippen LogP) is 3.95. The molecule has 1 aromatic carbocycles. The van der Waals surface area contributed by atoms with Crippen LogP contribution in [0.5, 0.6) is 0 Å². The highest BCUT2D eigenvalue weighted by Crippen LogP contribution is 2.39. The van der Waals surface area contributed by atoms with Crippen LogP contribution in [0.1, 0.15) is 44.1 Å². The van der Waals surface area contributed by atoms with Crippen LogP contribution in [0.25, 0.3) is 11.1 Å². The number of fused-ring (bicyclic) bond motifs is 1. The van der Waals surface area contributed by atoms with Gasteiger partial charge in [0.2, 0.25) is 5.89 Å². The first-order chi connectivity index (χ1) is 9.00. The highest BCUT2D eigenvalue weighted by Gasteiger charge is 2.40. The Hall–Kier alpha value is -1.06. The van der Waals surface area contributed by atoms with Gasteiger partial charge in [-0.2, -0.15) is 0 Å². The van der Waals surface area contributed by atoms with Gasteiger partial charge in [0.15, 0.2) is 5.58 Å². The molecule has 3 nitrogen and oxygen atoms in total. The molecule has 0 spiro atoms. The van der Waals surface area contributed by atoms with E-state index >= 15 is 0 Å². The van der Waals surface area contributed by atoms with Crippen LogP contribution in [0.2, 0.25) is 5.02 Å². The number of oxazole rings is 1. The number of hydrogen-bond donors (Lipinski definition) is 1. The summed E-state index contributed by atoms with van der Waals surface area (Å²) in [6.45, 7) is 4.16. The number of aromatic nitrogens is 1. The van der Waals surface area contributed by atoms with E-state index in [4.69, 9.17) is 21.8 Å². The normalized spacial score (nSPS) is 27.9. The maximum atomic E-state index is 6.31. The fraction of sp³-hybridized carbons (Fsp3) is 0.533. The largest absolute Gasteiger partial charge is 0.440 e. The Bertz CT molecular complexity index is 622. The van der Waals surface area contributed by atoms with E-state index in [2.05, 4.69) is 11.9 Å². The molecule has 2 N–H and O–H groups in total.